The van der Waals surface area contributed by atoms with E-state index < -0.39 is 46.8 Å². The molecule has 1 atom stereocenters. The van der Waals surface area contributed by atoms with Crippen LogP contribution in [0.3, 0.4) is 0 Å². The third-order valence-corrected chi connectivity index (χ3v) is 5.29. The standard InChI is InChI=1S/C23H19ClF4N2O3/c1-22(2,33)20(23(26,27)28)12-19(31)17-11-18(13-6-8-14(24)9-7-13)29-30(21(17)32)16-5-3-4-15(25)10-16/h3-11,20,33H,12H2,1-2H3. The molecule has 0 bridgehead atoms. The number of aromatic nitrogens is 2. The fraction of sp³-hybridized carbons (Fsp3) is 0.261. The first-order chi connectivity index (χ1) is 15.3. The maximum Gasteiger partial charge on any atom is 0.394 e. The van der Waals surface area contributed by atoms with Crippen LogP contribution in [0.1, 0.15) is 30.6 Å². The van der Waals surface area contributed by atoms with Gasteiger partial charge in [0.1, 0.15) is 5.82 Å². The topological polar surface area (TPSA) is 72.2 Å². The number of Topliss-reactive ketones (excluding diaryl/α,β-unsaturated/α-hetero) is 1. The van der Waals surface area contributed by atoms with Gasteiger partial charge in [-0.25, -0.2) is 4.39 Å². The van der Waals surface area contributed by atoms with Gasteiger partial charge in [0.2, 0.25) is 0 Å². The molecule has 0 spiro atoms. The van der Waals surface area contributed by atoms with Crippen molar-refractivity contribution in [2.24, 2.45) is 5.92 Å². The predicted octanol–water partition coefficient (Wildman–Crippen LogP) is 5.21. The first kappa shape index (κ1) is 24.6. The summed E-state index contributed by atoms with van der Waals surface area (Å²) in [6.07, 6.45) is -6.04. The van der Waals surface area contributed by atoms with Crippen molar-refractivity contribution >= 4 is 17.4 Å². The molecule has 33 heavy (non-hydrogen) atoms. The van der Waals surface area contributed by atoms with Crippen molar-refractivity contribution in [3.63, 3.8) is 0 Å². The molecule has 1 heterocycles. The number of nitrogens with zero attached hydrogens (tertiary/aromatic N) is 2. The van der Waals surface area contributed by atoms with Crippen molar-refractivity contribution in [3.8, 4) is 16.9 Å². The molecule has 2 aromatic carbocycles. The summed E-state index contributed by atoms with van der Waals surface area (Å²) in [5, 5.41) is 14.6. The summed E-state index contributed by atoms with van der Waals surface area (Å²) in [6.45, 7) is 1.88. The SMILES string of the molecule is CC(C)(O)C(CC(=O)c1cc(-c2ccc(Cl)cc2)nn(-c2cccc(F)c2)c1=O)C(F)(F)F. The molecule has 10 heteroatoms. The Balaban J connectivity index is 2.18. The Labute approximate surface area is 191 Å². The Kier molecular flexibility index (Phi) is 6.76. The quantitative estimate of drug-likeness (QED) is 0.386. The van der Waals surface area contributed by atoms with Gasteiger partial charge in [0.15, 0.2) is 5.78 Å². The van der Waals surface area contributed by atoms with Crippen LogP contribution >= 0.6 is 11.6 Å². The summed E-state index contributed by atoms with van der Waals surface area (Å²) in [4.78, 5) is 25.9. The number of carbonyl (C=O) groups is 1. The molecule has 0 amide bonds. The van der Waals surface area contributed by atoms with Crippen molar-refractivity contribution in [2.45, 2.75) is 32.0 Å². The third-order valence-electron chi connectivity index (χ3n) is 5.04. The molecule has 1 N–H and O–H groups in total. The number of hydrogen-bond donors (Lipinski definition) is 1. The molecular formula is C23H19ClF4N2O3. The monoisotopic (exact) mass is 482 g/mol. The first-order valence-corrected chi connectivity index (χ1v) is 10.1. The number of carbonyl (C=O) groups excluding carboxylic acids is 1. The van der Waals surface area contributed by atoms with Crippen LogP contribution < -0.4 is 5.56 Å². The van der Waals surface area contributed by atoms with Crippen LogP contribution in [0.15, 0.2) is 59.4 Å². The maximum atomic E-state index is 13.8. The smallest absolute Gasteiger partial charge is 0.390 e. The van der Waals surface area contributed by atoms with Gasteiger partial charge < -0.3 is 5.11 Å². The van der Waals surface area contributed by atoms with E-state index in [1.54, 1.807) is 12.1 Å². The minimum absolute atomic E-state index is 0.0141. The predicted molar refractivity (Wildman–Crippen MR) is 115 cm³/mol. The molecule has 3 aromatic rings. The second-order valence-electron chi connectivity index (χ2n) is 8.02. The highest BCUT2D eigenvalue weighted by Gasteiger charge is 2.49. The van der Waals surface area contributed by atoms with Crippen LogP contribution in [-0.4, -0.2) is 32.4 Å². The van der Waals surface area contributed by atoms with Gasteiger partial charge in [0.25, 0.3) is 5.56 Å². The van der Waals surface area contributed by atoms with Crippen molar-refractivity contribution in [1.29, 1.82) is 0 Å². The Bertz CT molecular complexity index is 1220. The van der Waals surface area contributed by atoms with Gasteiger partial charge in [-0.2, -0.15) is 23.0 Å². The minimum atomic E-state index is -4.89. The lowest BCUT2D eigenvalue weighted by molar-refractivity contribution is -0.217. The van der Waals surface area contributed by atoms with Gasteiger partial charge in [0.05, 0.1) is 28.5 Å². The molecule has 0 radical (unpaired) electrons. The van der Waals surface area contributed by atoms with E-state index in [0.717, 1.165) is 36.7 Å². The fourth-order valence-electron chi connectivity index (χ4n) is 3.30. The average molecular weight is 483 g/mol. The number of halogens is 5. The second-order valence-corrected chi connectivity index (χ2v) is 8.46. The largest absolute Gasteiger partial charge is 0.394 e. The highest BCUT2D eigenvalue weighted by Crippen LogP contribution is 2.37. The van der Waals surface area contributed by atoms with E-state index in [9.17, 15) is 32.3 Å². The molecule has 1 unspecified atom stereocenters. The van der Waals surface area contributed by atoms with E-state index in [4.69, 9.17) is 11.6 Å². The van der Waals surface area contributed by atoms with Gasteiger partial charge in [0, 0.05) is 17.0 Å². The van der Waals surface area contributed by atoms with Crippen LogP contribution in [0.4, 0.5) is 17.6 Å². The maximum absolute atomic E-state index is 13.8. The van der Waals surface area contributed by atoms with Gasteiger partial charge in [-0.3, -0.25) is 9.59 Å². The molecular weight excluding hydrogens is 464 g/mol. The lowest BCUT2D eigenvalue weighted by Gasteiger charge is -2.30. The zero-order valence-corrected chi connectivity index (χ0v) is 18.3. The van der Waals surface area contributed by atoms with Gasteiger partial charge in [-0.05, 0) is 50.2 Å². The van der Waals surface area contributed by atoms with Crippen molar-refractivity contribution in [3.05, 3.63) is 81.4 Å². The Morgan fingerprint density at radius 2 is 1.76 bits per heavy atom. The van der Waals surface area contributed by atoms with Crippen LogP contribution in [-0.2, 0) is 0 Å². The van der Waals surface area contributed by atoms with E-state index in [2.05, 4.69) is 5.10 Å². The number of hydrogen-bond acceptors (Lipinski definition) is 4. The van der Waals surface area contributed by atoms with Crippen molar-refractivity contribution in [2.75, 3.05) is 0 Å². The normalized spacial score (nSPS) is 13.1. The third kappa shape index (κ3) is 5.66. The van der Waals surface area contributed by atoms with E-state index >= 15 is 0 Å². The van der Waals surface area contributed by atoms with Crippen LogP contribution in [0, 0.1) is 11.7 Å². The summed E-state index contributed by atoms with van der Waals surface area (Å²) in [5.41, 5.74) is -3.35. The van der Waals surface area contributed by atoms with Gasteiger partial charge >= 0.3 is 6.18 Å². The molecule has 0 aliphatic carbocycles. The lowest BCUT2D eigenvalue weighted by Crippen LogP contribution is -2.43. The molecule has 0 aliphatic rings. The van der Waals surface area contributed by atoms with E-state index in [1.807, 2.05) is 0 Å². The lowest BCUT2D eigenvalue weighted by atomic mass is 9.85. The van der Waals surface area contributed by atoms with E-state index in [1.165, 1.54) is 24.3 Å². The summed E-state index contributed by atoms with van der Waals surface area (Å²) in [5.74, 6) is -4.22. The van der Waals surface area contributed by atoms with Crippen LogP contribution in [0.25, 0.3) is 16.9 Å². The molecule has 1 aromatic heterocycles. The summed E-state index contributed by atoms with van der Waals surface area (Å²) >= 11 is 5.89. The molecule has 0 saturated carbocycles. The zero-order chi connectivity index (χ0) is 24.6. The highest BCUT2D eigenvalue weighted by molar-refractivity contribution is 6.30. The Morgan fingerprint density at radius 1 is 1.12 bits per heavy atom. The van der Waals surface area contributed by atoms with Crippen LogP contribution in [0.2, 0.25) is 5.02 Å². The van der Waals surface area contributed by atoms with Crippen LogP contribution in [0.5, 0.6) is 0 Å². The van der Waals surface area contributed by atoms with E-state index in [0.29, 0.717) is 10.6 Å². The Hall–Kier alpha value is -3.04. The zero-order valence-electron chi connectivity index (χ0n) is 17.5. The molecule has 0 fully saturated rings. The summed E-state index contributed by atoms with van der Waals surface area (Å²) in [6, 6.07) is 12.1. The van der Waals surface area contributed by atoms with Gasteiger partial charge in [-0.15, -0.1) is 0 Å². The molecule has 0 saturated heterocycles. The number of alkyl halides is 3. The number of ketones is 1. The number of aliphatic hydroxyl groups is 1. The number of rotatable bonds is 6. The van der Waals surface area contributed by atoms with Crippen molar-refractivity contribution < 1.29 is 27.5 Å². The van der Waals surface area contributed by atoms with Gasteiger partial charge in [-0.1, -0.05) is 29.8 Å². The van der Waals surface area contributed by atoms with E-state index in [-0.39, 0.29) is 11.4 Å². The Morgan fingerprint density at radius 3 is 2.30 bits per heavy atom. The molecule has 3 rings (SSSR count). The summed E-state index contributed by atoms with van der Waals surface area (Å²) in [7, 11) is 0. The molecule has 174 valence electrons. The summed E-state index contributed by atoms with van der Waals surface area (Å²) < 4.78 is 55.0. The first-order valence-electron chi connectivity index (χ1n) is 9.76. The van der Waals surface area contributed by atoms with Crippen molar-refractivity contribution in [1.82, 2.24) is 9.78 Å². The molecule has 0 aliphatic heterocycles. The minimum Gasteiger partial charge on any atom is -0.390 e. The average Bonchev–Trinajstić information content (AvgIpc) is 2.71. The molecule has 5 nitrogen and oxygen atoms in total. The fourth-order valence-corrected chi connectivity index (χ4v) is 3.43. The second kappa shape index (κ2) is 9.07. The number of benzene rings is 2. The highest BCUT2D eigenvalue weighted by atomic mass is 35.5.